The number of carbonyl (C=O) groups is 2. The van der Waals surface area contributed by atoms with Gasteiger partial charge in [0.25, 0.3) is 11.6 Å². The zero-order valence-corrected chi connectivity index (χ0v) is 19.5. The topological polar surface area (TPSA) is 127 Å². The molecule has 10 nitrogen and oxygen atoms in total. The van der Waals surface area contributed by atoms with Gasteiger partial charge in [-0.2, -0.15) is 5.10 Å². The maximum Gasteiger partial charge on any atom is 0.339 e. The van der Waals surface area contributed by atoms with Crippen LogP contribution in [0.25, 0.3) is 0 Å². The molecule has 1 aliphatic carbocycles. The Morgan fingerprint density at radius 3 is 2.54 bits per heavy atom. The van der Waals surface area contributed by atoms with Crippen molar-refractivity contribution in [2.75, 3.05) is 24.5 Å². The van der Waals surface area contributed by atoms with Gasteiger partial charge in [0.2, 0.25) is 0 Å². The highest BCUT2D eigenvalue weighted by Gasteiger charge is 2.30. The van der Waals surface area contributed by atoms with E-state index in [1.54, 1.807) is 43.4 Å². The van der Waals surface area contributed by atoms with Crippen molar-refractivity contribution in [1.82, 2.24) is 0 Å². The van der Waals surface area contributed by atoms with E-state index in [0.29, 0.717) is 35.5 Å². The lowest BCUT2D eigenvalue weighted by molar-refractivity contribution is -0.384. The minimum Gasteiger partial charge on any atom is -0.465 e. The van der Waals surface area contributed by atoms with E-state index in [1.807, 2.05) is 6.92 Å². The number of fused-ring (bicyclic) bond motifs is 1. The Kier molecular flexibility index (Phi) is 6.63. The summed E-state index contributed by atoms with van der Waals surface area (Å²) < 4.78 is 10.8. The normalized spacial score (nSPS) is 13.7. The molecule has 1 aliphatic rings. The molecule has 2 aromatic carbocycles. The Morgan fingerprint density at radius 1 is 1.14 bits per heavy atom. The molecule has 0 unspecified atom stereocenters. The van der Waals surface area contributed by atoms with Crippen LogP contribution in [-0.4, -0.2) is 36.7 Å². The van der Waals surface area contributed by atoms with Gasteiger partial charge < -0.3 is 14.1 Å². The van der Waals surface area contributed by atoms with Gasteiger partial charge in [0.05, 0.1) is 34.7 Å². The number of furan rings is 1. The second-order valence-corrected chi connectivity index (χ2v) is 8.06. The number of nitrogens with zero attached hydrogens (tertiary/aromatic N) is 3. The van der Waals surface area contributed by atoms with Gasteiger partial charge in [0, 0.05) is 36.7 Å². The number of benzene rings is 2. The quantitative estimate of drug-likeness (QED) is 0.310. The maximum absolute atomic E-state index is 13.4. The average molecular weight is 476 g/mol. The first kappa shape index (κ1) is 23.7. The lowest BCUT2D eigenvalue weighted by Gasteiger charge is -2.19. The average Bonchev–Trinajstić information content (AvgIpc) is 3.23. The zero-order valence-electron chi connectivity index (χ0n) is 19.5. The van der Waals surface area contributed by atoms with Crippen molar-refractivity contribution < 1.29 is 23.7 Å². The van der Waals surface area contributed by atoms with E-state index in [-0.39, 0.29) is 17.0 Å². The highest BCUT2D eigenvalue weighted by Crippen LogP contribution is 2.32. The summed E-state index contributed by atoms with van der Waals surface area (Å²) in [6.07, 6.45) is 2.15. The lowest BCUT2D eigenvalue weighted by atomic mass is 9.93. The molecule has 0 bridgehead atoms. The first-order chi connectivity index (χ1) is 16.8. The molecule has 35 heavy (non-hydrogen) atoms. The van der Waals surface area contributed by atoms with Crippen LogP contribution in [0.5, 0.6) is 0 Å². The van der Waals surface area contributed by atoms with Crippen molar-refractivity contribution in [3.05, 3.63) is 86.9 Å². The number of hydrazone groups is 1. The number of rotatable bonds is 6. The fraction of sp³-hybridized carbons (Fsp3) is 0.240. The first-order valence-corrected chi connectivity index (χ1v) is 11.0. The summed E-state index contributed by atoms with van der Waals surface area (Å²) in [4.78, 5) is 37.3. The molecule has 4 rings (SSSR count). The molecule has 0 radical (unpaired) electrons. The molecule has 0 saturated carbocycles. The number of aryl methyl sites for hydroxylation is 1. The third-order valence-corrected chi connectivity index (χ3v) is 5.89. The summed E-state index contributed by atoms with van der Waals surface area (Å²) in [5.41, 5.74) is 6.40. The number of anilines is 2. The molecule has 1 N–H and O–H groups in total. The number of non-ortho nitro benzene ring substituents is 1. The zero-order chi connectivity index (χ0) is 25.1. The number of para-hydroxylation sites is 1. The molecular formula is C25H24N4O6. The van der Waals surface area contributed by atoms with Crippen LogP contribution < -0.4 is 10.3 Å². The standard InChI is InChI=1S/C25H24N4O6/c1-15-22-19(27-26-16-11-13-17(14-12-16)29(32)33)8-6-10-21(22)35-23(15)24(30)28(2)20-9-5-4-7-18(20)25(31)34-3/h4-5,7,9,11-14,26H,6,8,10H2,1-3H3/b27-19+. The fourth-order valence-electron chi connectivity index (χ4n) is 4.08. The molecule has 180 valence electrons. The Bertz CT molecular complexity index is 1330. The van der Waals surface area contributed by atoms with E-state index < -0.39 is 16.8 Å². The predicted octanol–water partition coefficient (Wildman–Crippen LogP) is 4.71. The van der Waals surface area contributed by atoms with Crippen LogP contribution in [0.15, 0.2) is 58.0 Å². The van der Waals surface area contributed by atoms with Crippen LogP contribution in [0.3, 0.4) is 0 Å². The van der Waals surface area contributed by atoms with E-state index in [0.717, 1.165) is 17.7 Å². The SMILES string of the molecule is COC(=O)c1ccccc1N(C)C(=O)c1oc2c(c1C)/C(=N/Nc1ccc([N+](=O)[O-])cc1)CCC2. The molecule has 0 saturated heterocycles. The van der Waals surface area contributed by atoms with Crippen molar-refractivity contribution in [2.45, 2.75) is 26.2 Å². The molecular weight excluding hydrogens is 452 g/mol. The highest BCUT2D eigenvalue weighted by molar-refractivity contribution is 6.11. The van der Waals surface area contributed by atoms with Gasteiger partial charge in [-0.25, -0.2) is 4.79 Å². The van der Waals surface area contributed by atoms with Crippen LogP contribution in [0.4, 0.5) is 17.1 Å². The van der Waals surface area contributed by atoms with Crippen LogP contribution in [-0.2, 0) is 11.2 Å². The number of ether oxygens (including phenoxy) is 1. The number of nitro benzene ring substituents is 1. The monoisotopic (exact) mass is 476 g/mol. The van der Waals surface area contributed by atoms with Gasteiger partial charge >= 0.3 is 5.97 Å². The Balaban J connectivity index is 1.62. The number of amides is 1. The van der Waals surface area contributed by atoms with Gasteiger partial charge in [-0.1, -0.05) is 12.1 Å². The van der Waals surface area contributed by atoms with Gasteiger partial charge in [0.15, 0.2) is 5.76 Å². The van der Waals surface area contributed by atoms with Crippen molar-refractivity contribution in [1.29, 1.82) is 0 Å². The van der Waals surface area contributed by atoms with Crippen LogP contribution in [0.1, 0.15) is 50.6 Å². The van der Waals surface area contributed by atoms with E-state index >= 15 is 0 Å². The van der Waals surface area contributed by atoms with Crippen molar-refractivity contribution in [3.63, 3.8) is 0 Å². The number of hydrogen-bond acceptors (Lipinski definition) is 8. The number of carbonyl (C=O) groups excluding carboxylic acids is 2. The molecule has 0 atom stereocenters. The first-order valence-electron chi connectivity index (χ1n) is 11.0. The smallest absolute Gasteiger partial charge is 0.339 e. The molecule has 3 aromatic rings. The fourth-order valence-corrected chi connectivity index (χ4v) is 4.08. The summed E-state index contributed by atoms with van der Waals surface area (Å²) in [7, 11) is 2.87. The third-order valence-electron chi connectivity index (χ3n) is 5.89. The summed E-state index contributed by atoms with van der Waals surface area (Å²) in [5.74, 6) is -0.0727. The molecule has 0 spiro atoms. The predicted molar refractivity (Wildman–Crippen MR) is 130 cm³/mol. The minimum absolute atomic E-state index is 0.00474. The van der Waals surface area contributed by atoms with Gasteiger partial charge in [-0.3, -0.25) is 20.3 Å². The Labute approximate surface area is 201 Å². The number of nitrogens with one attached hydrogen (secondary N) is 1. The molecule has 1 aromatic heterocycles. The van der Waals surface area contributed by atoms with Crippen molar-refractivity contribution >= 4 is 34.7 Å². The number of nitro groups is 1. The van der Waals surface area contributed by atoms with Crippen LogP contribution in [0, 0.1) is 17.0 Å². The highest BCUT2D eigenvalue weighted by atomic mass is 16.6. The largest absolute Gasteiger partial charge is 0.465 e. The number of hydrogen-bond donors (Lipinski definition) is 1. The number of esters is 1. The Morgan fingerprint density at radius 2 is 1.86 bits per heavy atom. The Hall–Kier alpha value is -4.47. The minimum atomic E-state index is -0.539. The summed E-state index contributed by atoms with van der Waals surface area (Å²) in [6, 6.07) is 12.7. The summed E-state index contributed by atoms with van der Waals surface area (Å²) in [5, 5.41) is 15.4. The van der Waals surface area contributed by atoms with Gasteiger partial charge in [-0.15, -0.1) is 0 Å². The molecule has 0 fully saturated rings. The van der Waals surface area contributed by atoms with E-state index in [1.165, 1.54) is 24.1 Å². The van der Waals surface area contributed by atoms with Gasteiger partial charge in [-0.05, 0) is 44.0 Å². The molecule has 1 amide bonds. The summed E-state index contributed by atoms with van der Waals surface area (Å²) in [6.45, 7) is 1.81. The second kappa shape index (κ2) is 9.80. The maximum atomic E-state index is 13.4. The van der Waals surface area contributed by atoms with E-state index in [4.69, 9.17) is 9.15 Å². The van der Waals surface area contributed by atoms with Crippen LogP contribution >= 0.6 is 0 Å². The third kappa shape index (κ3) is 4.63. The van der Waals surface area contributed by atoms with Crippen molar-refractivity contribution in [3.8, 4) is 0 Å². The second-order valence-electron chi connectivity index (χ2n) is 8.06. The molecule has 0 aliphatic heterocycles. The van der Waals surface area contributed by atoms with E-state index in [2.05, 4.69) is 10.5 Å². The lowest BCUT2D eigenvalue weighted by Crippen LogP contribution is -2.28. The molecule has 10 heteroatoms. The van der Waals surface area contributed by atoms with Crippen molar-refractivity contribution in [2.24, 2.45) is 5.10 Å². The van der Waals surface area contributed by atoms with E-state index in [9.17, 15) is 19.7 Å². The van der Waals surface area contributed by atoms with Crippen LogP contribution in [0.2, 0.25) is 0 Å². The molecule has 1 heterocycles. The summed E-state index contributed by atoms with van der Waals surface area (Å²) >= 11 is 0. The van der Waals surface area contributed by atoms with Gasteiger partial charge in [0.1, 0.15) is 5.76 Å². The number of methoxy groups -OCH3 is 1.